The number of carbonyl (C=O) groups excluding carboxylic acids is 1. The van der Waals surface area contributed by atoms with Gasteiger partial charge in [0.15, 0.2) is 11.5 Å². The predicted molar refractivity (Wildman–Crippen MR) is 79.6 cm³/mol. The molecule has 0 aliphatic carbocycles. The van der Waals surface area contributed by atoms with E-state index in [-0.39, 0.29) is 5.91 Å². The smallest absolute Gasteiger partial charge is 0.221 e. The van der Waals surface area contributed by atoms with Crippen LogP contribution in [-0.2, 0) is 11.3 Å². The molecule has 0 spiro atoms. The van der Waals surface area contributed by atoms with Gasteiger partial charge in [-0.15, -0.1) is 0 Å². The van der Waals surface area contributed by atoms with Crippen LogP contribution in [0.5, 0.6) is 11.5 Å². The van der Waals surface area contributed by atoms with E-state index in [1.807, 2.05) is 19.1 Å². The lowest BCUT2D eigenvalue weighted by Gasteiger charge is -2.13. The van der Waals surface area contributed by atoms with E-state index in [1.165, 1.54) is 0 Å². The number of nitrogens with one attached hydrogen (secondary N) is 2. The predicted octanol–water partition coefficient (Wildman–Crippen LogP) is 1.97. The molecule has 0 aliphatic rings. The van der Waals surface area contributed by atoms with E-state index in [0.29, 0.717) is 42.6 Å². The monoisotopic (exact) mass is 300 g/mol. The van der Waals surface area contributed by atoms with Crippen LogP contribution in [-0.4, -0.2) is 33.2 Å². The van der Waals surface area contributed by atoms with Crippen molar-refractivity contribution in [3.05, 3.63) is 22.7 Å². The number of methoxy groups -OCH3 is 2. The molecule has 6 heteroatoms. The maximum absolute atomic E-state index is 11.3. The van der Waals surface area contributed by atoms with Crippen molar-refractivity contribution in [2.24, 2.45) is 0 Å². The third-order valence-electron chi connectivity index (χ3n) is 2.78. The van der Waals surface area contributed by atoms with Gasteiger partial charge >= 0.3 is 0 Å². The Kier molecular flexibility index (Phi) is 7.18. The largest absolute Gasteiger partial charge is 0.493 e. The van der Waals surface area contributed by atoms with Crippen molar-refractivity contribution in [1.82, 2.24) is 10.6 Å². The van der Waals surface area contributed by atoms with Gasteiger partial charge in [0.2, 0.25) is 5.91 Å². The first kappa shape index (κ1) is 16.6. The molecular weight excluding hydrogens is 280 g/mol. The number of carbonyl (C=O) groups is 1. The Hall–Kier alpha value is -1.46. The lowest BCUT2D eigenvalue weighted by Crippen LogP contribution is -2.27. The number of hydrogen-bond donors (Lipinski definition) is 2. The minimum Gasteiger partial charge on any atom is -0.493 e. The van der Waals surface area contributed by atoms with Crippen LogP contribution in [0.3, 0.4) is 0 Å². The first-order valence-electron chi connectivity index (χ1n) is 6.50. The van der Waals surface area contributed by atoms with Crippen LogP contribution in [0.25, 0.3) is 0 Å². The number of amides is 1. The summed E-state index contributed by atoms with van der Waals surface area (Å²) >= 11 is 6.26. The summed E-state index contributed by atoms with van der Waals surface area (Å²) in [5.41, 5.74) is 0.903. The highest BCUT2D eigenvalue weighted by Crippen LogP contribution is 2.37. The molecule has 2 N–H and O–H groups in total. The second kappa shape index (κ2) is 8.66. The maximum Gasteiger partial charge on any atom is 0.221 e. The van der Waals surface area contributed by atoms with Crippen LogP contribution in [0.1, 0.15) is 18.9 Å². The third-order valence-corrected chi connectivity index (χ3v) is 3.20. The summed E-state index contributed by atoms with van der Waals surface area (Å²) < 4.78 is 10.4. The standard InChI is InChI=1S/C14H21ClN2O3/c1-4-17-12(18)7-8-16-9-10-5-6-11(19-2)14(20-3)13(10)15/h5-6,16H,4,7-9H2,1-3H3,(H,17,18). The zero-order chi connectivity index (χ0) is 15.0. The van der Waals surface area contributed by atoms with E-state index in [0.717, 1.165) is 5.56 Å². The molecule has 0 bridgehead atoms. The van der Waals surface area contributed by atoms with Gasteiger partial charge in [-0.2, -0.15) is 0 Å². The number of hydrogen-bond acceptors (Lipinski definition) is 4. The minimum absolute atomic E-state index is 0.0402. The highest BCUT2D eigenvalue weighted by molar-refractivity contribution is 6.33. The van der Waals surface area contributed by atoms with Gasteiger partial charge in [0.05, 0.1) is 19.2 Å². The molecule has 5 nitrogen and oxygen atoms in total. The van der Waals surface area contributed by atoms with Crippen molar-refractivity contribution in [2.45, 2.75) is 19.9 Å². The molecule has 20 heavy (non-hydrogen) atoms. The van der Waals surface area contributed by atoms with Gasteiger partial charge in [0.1, 0.15) is 0 Å². The van der Waals surface area contributed by atoms with Crippen LogP contribution in [0.2, 0.25) is 5.02 Å². The van der Waals surface area contributed by atoms with E-state index < -0.39 is 0 Å². The number of ether oxygens (including phenoxy) is 2. The van der Waals surface area contributed by atoms with Crippen LogP contribution in [0.15, 0.2) is 12.1 Å². The Morgan fingerprint density at radius 1 is 1.30 bits per heavy atom. The number of halogens is 1. The first-order valence-corrected chi connectivity index (χ1v) is 6.88. The van der Waals surface area contributed by atoms with Crippen molar-refractivity contribution in [1.29, 1.82) is 0 Å². The van der Waals surface area contributed by atoms with Crippen LogP contribution in [0, 0.1) is 0 Å². The molecule has 0 saturated heterocycles. The fraction of sp³-hybridized carbons (Fsp3) is 0.500. The average Bonchev–Trinajstić information content (AvgIpc) is 2.44. The topological polar surface area (TPSA) is 59.6 Å². The Labute approximate surface area is 124 Å². The molecule has 1 amide bonds. The lowest BCUT2D eigenvalue weighted by molar-refractivity contribution is -0.120. The quantitative estimate of drug-likeness (QED) is 0.721. The molecule has 112 valence electrons. The van der Waals surface area contributed by atoms with E-state index in [2.05, 4.69) is 10.6 Å². The minimum atomic E-state index is 0.0402. The first-order chi connectivity index (χ1) is 9.63. The van der Waals surface area contributed by atoms with Crippen LogP contribution < -0.4 is 20.1 Å². The highest BCUT2D eigenvalue weighted by Gasteiger charge is 2.12. The number of benzene rings is 1. The van der Waals surface area contributed by atoms with Crippen molar-refractivity contribution < 1.29 is 14.3 Å². The summed E-state index contributed by atoms with van der Waals surface area (Å²) in [6.45, 7) is 3.71. The van der Waals surface area contributed by atoms with E-state index in [9.17, 15) is 4.79 Å². The summed E-state index contributed by atoms with van der Waals surface area (Å²) in [4.78, 5) is 11.3. The fourth-order valence-electron chi connectivity index (χ4n) is 1.78. The zero-order valence-corrected chi connectivity index (χ0v) is 12.8. The molecule has 0 aromatic heterocycles. The van der Waals surface area contributed by atoms with Gasteiger partial charge in [0.25, 0.3) is 0 Å². The molecule has 0 fully saturated rings. The summed E-state index contributed by atoms with van der Waals surface area (Å²) in [6, 6.07) is 3.69. The molecular formula is C14H21ClN2O3. The van der Waals surface area contributed by atoms with Gasteiger partial charge in [-0.1, -0.05) is 17.7 Å². The van der Waals surface area contributed by atoms with Crippen molar-refractivity contribution in [3.8, 4) is 11.5 Å². The van der Waals surface area contributed by atoms with Crippen molar-refractivity contribution in [3.63, 3.8) is 0 Å². The molecule has 0 atom stereocenters. The van der Waals surface area contributed by atoms with Crippen LogP contribution >= 0.6 is 11.6 Å². The van der Waals surface area contributed by atoms with Gasteiger partial charge in [-0.05, 0) is 18.6 Å². The summed E-state index contributed by atoms with van der Waals surface area (Å²) in [5, 5.41) is 6.45. The van der Waals surface area contributed by atoms with E-state index in [1.54, 1.807) is 14.2 Å². The second-order valence-electron chi connectivity index (χ2n) is 4.15. The van der Waals surface area contributed by atoms with E-state index in [4.69, 9.17) is 21.1 Å². The molecule has 0 unspecified atom stereocenters. The lowest BCUT2D eigenvalue weighted by atomic mass is 10.2. The van der Waals surface area contributed by atoms with Gasteiger partial charge in [-0.25, -0.2) is 0 Å². The van der Waals surface area contributed by atoms with E-state index >= 15 is 0 Å². The maximum atomic E-state index is 11.3. The summed E-state index contributed by atoms with van der Waals surface area (Å²) in [6.07, 6.45) is 0.443. The fourth-order valence-corrected chi connectivity index (χ4v) is 2.08. The number of rotatable bonds is 8. The molecule has 1 rings (SSSR count). The molecule has 1 aromatic rings. The SMILES string of the molecule is CCNC(=O)CCNCc1ccc(OC)c(OC)c1Cl. The molecule has 1 aromatic carbocycles. The molecule has 0 aliphatic heterocycles. The van der Waals surface area contributed by atoms with Crippen LogP contribution in [0.4, 0.5) is 0 Å². The Morgan fingerprint density at radius 2 is 2.05 bits per heavy atom. The van der Waals surface area contributed by atoms with Gasteiger partial charge in [-0.3, -0.25) is 4.79 Å². The zero-order valence-electron chi connectivity index (χ0n) is 12.1. The van der Waals surface area contributed by atoms with Crippen molar-refractivity contribution in [2.75, 3.05) is 27.3 Å². The van der Waals surface area contributed by atoms with Gasteiger partial charge in [0, 0.05) is 26.1 Å². The molecule has 0 heterocycles. The summed E-state index contributed by atoms with van der Waals surface area (Å²) in [5.74, 6) is 1.17. The highest BCUT2D eigenvalue weighted by atomic mass is 35.5. The Balaban J connectivity index is 2.54. The average molecular weight is 301 g/mol. The Morgan fingerprint density at radius 3 is 2.65 bits per heavy atom. The Bertz CT molecular complexity index is 452. The molecule has 0 saturated carbocycles. The second-order valence-corrected chi connectivity index (χ2v) is 4.53. The third kappa shape index (κ3) is 4.58. The normalized spacial score (nSPS) is 10.2. The summed E-state index contributed by atoms with van der Waals surface area (Å²) in [7, 11) is 3.12. The van der Waals surface area contributed by atoms with Crippen molar-refractivity contribution >= 4 is 17.5 Å². The van der Waals surface area contributed by atoms with Gasteiger partial charge < -0.3 is 20.1 Å². The molecule has 0 radical (unpaired) electrons.